The molecule has 5 rings (SSSR count). The number of hydrogen-bond acceptors (Lipinski definition) is 4. The number of aliphatic hydroxyl groups is 1. The second-order valence-electron chi connectivity index (χ2n) is 9.65. The molecule has 1 heterocycles. The molecule has 0 aromatic heterocycles. The van der Waals surface area contributed by atoms with Gasteiger partial charge in [0, 0.05) is 12.2 Å². The minimum atomic E-state index is -1.33. The van der Waals surface area contributed by atoms with Crippen molar-refractivity contribution in [3.63, 3.8) is 0 Å². The van der Waals surface area contributed by atoms with Crippen molar-refractivity contribution in [1.29, 1.82) is 0 Å². The molecule has 198 valence electrons. The van der Waals surface area contributed by atoms with Gasteiger partial charge in [0.1, 0.15) is 12.2 Å². The van der Waals surface area contributed by atoms with E-state index in [2.05, 4.69) is 5.32 Å². The van der Waals surface area contributed by atoms with Crippen molar-refractivity contribution in [2.45, 2.75) is 37.3 Å². The molecule has 0 spiro atoms. The fourth-order valence-electron chi connectivity index (χ4n) is 5.22. The number of hydrogen-bond donors (Lipinski definition) is 3. The van der Waals surface area contributed by atoms with Gasteiger partial charge in [0.05, 0.1) is 12.1 Å². The van der Waals surface area contributed by atoms with E-state index in [0.717, 1.165) is 16.7 Å². The number of carboxylic acid groups (broad SMARTS) is 1. The summed E-state index contributed by atoms with van der Waals surface area (Å²) in [5, 5.41) is 25.5. The van der Waals surface area contributed by atoms with Gasteiger partial charge < -0.3 is 15.1 Å². The van der Waals surface area contributed by atoms with Gasteiger partial charge in [-0.25, -0.2) is 4.79 Å². The van der Waals surface area contributed by atoms with Crippen LogP contribution in [0.1, 0.15) is 22.9 Å². The maximum Gasteiger partial charge on any atom is 0.412 e. The van der Waals surface area contributed by atoms with Crippen LogP contribution in [0.2, 0.25) is 0 Å². The third kappa shape index (κ3) is 5.85. The van der Waals surface area contributed by atoms with E-state index in [4.69, 9.17) is 0 Å². The maximum atomic E-state index is 14.0. The van der Waals surface area contributed by atoms with E-state index in [0.29, 0.717) is 12.2 Å². The van der Waals surface area contributed by atoms with E-state index in [1.54, 1.807) is 35.2 Å². The molecule has 0 aliphatic carbocycles. The van der Waals surface area contributed by atoms with Gasteiger partial charge in [-0.1, -0.05) is 109 Å². The highest BCUT2D eigenvalue weighted by atomic mass is 16.4. The minimum Gasteiger partial charge on any atom is -0.465 e. The number of para-hydroxylation sites is 1. The summed E-state index contributed by atoms with van der Waals surface area (Å²) in [4.78, 5) is 29.5. The zero-order chi connectivity index (χ0) is 27.2. The number of amides is 2. The number of benzene rings is 4. The van der Waals surface area contributed by atoms with E-state index < -0.39 is 30.4 Å². The summed E-state index contributed by atoms with van der Waals surface area (Å²) in [5.74, 6) is -0.281. The third-order valence-electron chi connectivity index (χ3n) is 7.10. The van der Waals surface area contributed by atoms with E-state index in [9.17, 15) is 19.8 Å². The Morgan fingerprint density at radius 3 is 1.87 bits per heavy atom. The normalized spacial score (nSPS) is 18.5. The van der Waals surface area contributed by atoms with Crippen molar-refractivity contribution >= 4 is 17.7 Å². The Morgan fingerprint density at radius 2 is 1.31 bits per heavy atom. The average molecular weight is 522 g/mol. The molecule has 0 radical (unpaired) electrons. The van der Waals surface area contributed by atoms with E-state index in [-0.39, 0.29) is 12.3 Å². The number of carbonyl (C=O) groups excluding carboxylic acids is 1. The number of nitrogens with one attached hydrogen (secondary N) is 1. The molecule has 7 heteroatoms. The summed E-state index contributed by atoms with van der Waals surface area (Å²) in [7, 11) is 0. The zero-order valence-corrected chi connectivity index (χ0v) is 21.4. The third-order valence-corrected chi connectivity index (χ3v) is 7.10. The lowest BCUT2D eigenvalue weighted by Crippen LogP contribution is -2.56. The molecule has 3 N–H and O–H groups in total. The van der Waals surface area contributed by atoms with Crippen LogP contribution in [0, 0.1) is 0 Å². The van der Waals surface area contributed by atoms with Gasteiger partial charge in [-0.05, 0) is 35.2 Å². The minimum absolute atomic E-state index is 0.226. The molecular formula is C32H31N3O4. The Bertz CT molecular complexity index is 1370. The predicted octanol–water partition coefficient (Wildman–Crippen LogP) is 4.84. The number of nitrogens with zero attached hydrogens (tertiary/aromatic N) is 2. The molecule has 1 aliphatic heterocycles. The van der Waals surface area contributed by atoms with Crippen molar-refractivity contribution in [3.8, 4) is 0 Å². The van der Waals surface area contributed by atoms with Crippen molar-refractivity contribution in [2.75, 3.05) is 4.90 Å². The smallest absolute Gasteiger partial charge is 0.412 e. The Kier molecular flexibility index (Phi) is 8.01. The highest BCUT2D eigenvalue weighted by molar-refractivity contribution is 5.89. The molecule has 7 nitrogen and oxygen atoms in total. The summed E-state index contributed by atoms with van der Waals surface area (Å²) < 4.78 is 0. The highest BCUT2D eigenvalue weighted by Gasteiger charge is 2.47. The fourth-order valence-corrected chi connectivity index (χ4v) is 5.22. The lowest BCUT2D eigenvalue weighted by molar-refractivity contribution is -0.132. The summed E-state index contributed by atoms with van der Waals surface area (Å²) >= 11 is 0. The number of aliphatic hydroxyl groups excluding tert-OH is 1. The quantitative estimate of drug-likeness (QED) is 0.293. The van der Waals surface area contributed by atoms with Crippen LogP contribution in [0.15, 0.2) is 121 Å². The van der Waals surface area contributed by atoms with Gasteiger partial charge in [-0.15, -0.1) is 0 Å². The Hall–Kier alpha value is -4.46. The molecule has 4 atom stereocenters. The van der Waals surface area contributed by atoms with Crippen LogP contribution in [0.3, 0.4) is 0 Å². The topological polar surface area (TPSA) is 93.1 Å². The van der Waals surface area contributed by atoms with Gasteiger partial charge in [-0.3, -0.25) is 15.0 Å². The van der Waals surface area contributed by atoms with E-state index in [1.165, 1.54) is 4.90 Å². The van der Waals surface area contributed by atoms with Crippen LogP contribution >= 0.6 is 0 Å². The Labute approximate surface area is 227 Å². The first kappa shape index (κ1) is 26.2. The maximum absolute atomic E-state index is 14.0. The van der Waals surface area contributed by atoms with Gasteiger partial charge in [-0.2, -0.15) is 0 Å². The Balaban J connectivity index is 1.52. The van der Waals surface area contributed by atoms with Crippen LogP contribution < -0.4 is 10.2 Å². The van der Waals surface area contributed by atoms with Crippen LogP contribution in [0.5, 0.6) is 0 Å². The standard InChI is InChI=1S/C32H31N3O4/c36-29(27(21-23-13-5-1-6-14-23)35(32(38)39)26-19-11-4-12-20-26)28-31(37)34(22-24-15-7-2-8-16-24)30(33-28)25-17-9-3-10-18-25/h1-20,27-30,33,36H,21-22H2,(H,38,39)/t27-,28-,29-,30?/m0/s1. The van der Waals surface area contributed by atoms with Crippen LogP contribution in [-0.4, -0.2) is 45.3 Å². The van der Waals surface area contributed by atoms with Gasteiger partial charge in [0.15, 0.2) is 0 Å². The molecule has 1 unspecified atom stereocenters. The monoisotopic (exact) mass is 521 g/mol. The SMILES string of the molecule is O=C1[C@H]([C@@H](O)[C@H](Cc2ccccc2)N(C(=O)O)c2ccccc2)NC(c2ccccc2)N1Cc1ccccc1. The van der Waals surface area contributed by atoms with Crippen molar-refractivity contribution < 1.29 is 19.8 Å². The van der Waals surface area contributed by atoms with Crippen molar-refractivity contribution in [3.05, 3.63) is 138 Å². The van der Waals surface area contributed by atoms with E-state index in [1.807, 2.05) is 91.0 Å². The Morgan fingerprint density at radius 1 is 0.795 bits per heavy atom. The van der Waals surface area contributed by atoms with Crippen molar-refractivity contribution in [2.24, 2.45) is 0 Å². The molecule has 4 aromatic rings. The molecule has 2 amide bonds. The van der Waals surface area contributed by atoms with Crippen LogP contribution in [0.4, 0.5) is 10.5 Å². The van der Waals surface area contributed by atoms with Crippen molar-refractivity contribution in [1.82, 2.24) is 10.2 Å². The lowest BCUT2D eigenvalue weighted by Gasteiger charge is -2.35. The second kappa shape index (κ2) is 11.9. The summed E-state index contributed by atoms with van der Waals surface area (Å²) in [6.45, 7) is 0.347. The first-order valence-electron chi connectivity index (χ1n) is 13.0. The molecule has 0 saturated carbocycles. The summed E-state index contributed by atoms with van der Waals surface area (Å²) in [5.41, 5.74) is 3.13. The predicted molar refractivity (Wildman–Crippen MR) is 150 cm³/mol. The molecule has 39 heavy (non-hydrogen) atoms. The molecule has 0 bridgehead atoms. The molecule has 1 fully saturated rings. The first-order valence-corrected chi connectivity index (χ1v) is 13.0. The zero-order valence-electron chi connectivity index (χ0n) is 21.4. The molecular weight excluding hydrogens is 490 g/mol. The van der Waals surface area contributed by atoms with Gasteiger partial charge in [0.2, 0.25) is 5.91 Å². The highest BCUT2D eigenvalue weighted by Crippen LogP contribution is 2.31. The van der Waals surface area contributed by atoms with Gasteiger partial charge in [0.25, 0.3) is 0 Å². The molecule has 4 aromatic carbocycles. The molecule has 1 aliphatic rings. The summed E-state index contributed by atoms with van der Waals surface area (Å²) in [6, 6.07) is 35.5. The van der Waals surface area contributed by atoms with Gasteiger partial charge >= 0.3 is 6.09 Å². The largest absolute Gasteiger partial charge is 0.465 e. The second-order valence-corrected chi connectivity index (χ2v) is 9.65. The average Bonchev–Trinajstić information content (AvgIpc) is 3.30. The molecule has 1 saturated heterocycles. The lowest BCUT2D eigenvalue weighted by atomic mass is 9.94. The van der Waals surface area contributed by atoms with Crippen LogP contribution in [-0.2, 0) is 17.8 Å². The number of rotatable bonds is 9. The first-order chi connectivity index (χ1) is 19.0. The summed E-state index contributed by atoms with van der Waals surface area (Å²) in [6.07, 6.45) is -2.79. The number of carbonyl (C=O) groups is 2. The fraction of sp³-hybridized carbons (Fsp3) is 0.188. The van der Waals surface area contributed by atoms with E-state index >= 15 is 0 Å². The number of anilines is 1. The van der Waals surface area contributed by atoms with Crippen LogP contribution in [0.25, 0.3) is 0 Å².